The van der Waals surface area contributed by atoms with Crippen molar-refractivity contribution in [3.05, 3.63) is 29.8 Å². The van der Waals surface area contributed by atoms with Gasteiger partial charge >= 0.3 is 0 Å². The second-order valence-electron chi connectivity index (χ2n) is 5.36. The van der Waals surface area contributed by atoms with Gasteiger partial charge in [-0.05, 0) is 56.2 Å². The van der Waals surface area contributed by atoms with E-state index in [1.165, 1.54) is 0 Å². The maximum Gasteiger partial charge on any atom is 0.119 e. The zero-order chi connectivity index (χ0) is 13.7. The first-order chi connectivity index (χ1) is 9.21. The van der Waals surface area contributed by atoms with Crippen LogP contribution in [0.15, 0.2) is 24.3 Å². The van der Waals surface area contributed by atoms with E-state index in [1.807, 2.05) is 31.2 Å². The normalized spacial score (nSPS) is 23.7. The summed E-state index contributed by atoms with van der Waals surface area (Å²) >= 11 is 0. The highest BCUT2D eigenvalue weighted by molar-refractivity contribution is 5.28. The maximum absolute atomic E-state index is 10.1. The summed E-state index contributed by atoms with van der Waals surface area (Å²) in [5.41, 5.74) is 1.13. The molecule has 1 saturated carbocycles. The second-order valence-corrected chi connectivity index (χ2v) is 5.36. The molecule has 3 nitrogen and oxygen atoms in total. The second kappa shape index (κ2) is 6.92. The molecular weight excluding hydrogens is 240 g/mol. The number of methoxy groups -OCH3 is 1. The Hall–Kier alpha value is -1.06. The van der Waals surface area contributed by atoms with Crippen LogP contribution in [0.4, 0.5) is 0 Å². The standard InChI is InChI=1S/C16H24O3/c1-3-19-16-10-13(11-16)8-14(17)7-12-5-4-6-15(9-12)18-2/h4-6,9,13-14,16-17H,3,7-8,10-11H2,1-2H3. The highest BCUT2D eigenvalue weighted by Gasteiger charge is 2.30. The van der Waals surface area contributed by atoms with Gasteiger partial charge in [-0.2, -0.15) is 0 Å². The molecule has 1 aliphatic carbocycles. The number of benzene rings is 1. The molecule has 1 aliphatic rings. The van der Waals surface area contributed by atoms with Gasteiger partial charge in [-0.3, -0.25) is 0 Å². The van der Waals surface area contributed by atoms with Gasteiger partial charge in [-0.1, -0.05) is 12.1 Å². The van der Waals surface area contributed by atoms with E-state index in [2.05, 4.69) is 0 Å². The minimum atomic E-state index is -0.264. The van der Waals surface area contributed by atoms with Crippen LogP contribution in [-0.2, 0) is 11.2 Å². The molecule has 106 valence electrons. The average molecular weight is 264 g/mol. The largest absolute Gasteiger partial charge is 0.497 e. The fraction of sp³-hybridized carbons (Fsp3) is 0.625. The SMILES string of the molecule is CCOC1CC(CC(O)Cc2cccc(OC)c2)C1. The summed E-state index contributed by atoms with van der Waals surface area (Å²) in [5, 5.41) is 10.1. The summed E-state index contributed by atoms with van der Waals surface area (Å²) < 4.78 is 10.7. The van der Waals surface area contributed by atoms with Crippen molar-refractivity contribution >= 4 is 0 Å². The Kier molecular flexibility index (Phi) is 5.23. The molecule has 0 spiro atoms. The molecule has 1 fully saturated rings. The van der Waals surface area contributed by atoms with Gasteiger partial charge in [-0.15, -0.1) is 0 Å². The molecule has 1 aromatic rings. The van der Waals surface area contributed by atoms with Gasteiger partial charge in [0.25, 0.3) is 0 Å². The predicted molar refractivity (Wildman–Crippen MR) is 75.5 cm³/mol. The lowest BCUT2D eigenvalue weighted by molar-refractivity contribution is -0.0375. The van der Waals surface area contributed by atoms with Crippen molar-refractivity contribution in [2.45, 2.75) is 44.8 Å². The van der Waals surface area contributed by atoms with Crippen LogP contribution in [-0.4, -0.2) is 31.0 Å². The number of hydrogen-bond acceptors (Lipinski definition) is 3. The van der Waals surface area contributed by atoms with Crippen LogP contribution in [0.1, 0.15) is 31.7 Å². The van der Waals surface area contributed by atoms with E-state index in [4.69, 9.17) is 9.47 Å². The summed E-state index contributed by atoms with van der Waals surface area (Å²) in [7, 11) is 1.66. The van der Waals surface area contributed by atoms with Crippen molar-refractivity contribution in [3.63, 3.8) is 0 Å². The number of aliphatic hydroxyl groups excluding tert-OH is 1. The van der Waals surface area contributed by atoms with E-state index in [0.29, 0.717) is 18.4 Å². The Labute approximate surface area is 115 Å². The molecule has 0 bridgehead atoms. The number of aliphatic hydroxyl groups is 1. The van der Waals surface area contributed by atoms with Crippen molar-refractivity contribution in [1.29, 1.82) is 0 Å². The predicted octanol–water partition coefficient (Wildman–Crippen LogP) is 2.80. The lowest BCUT2D eigenvalue weighted by atomic mass is 9.78. The Bertz CT molecular complexity index is 385. The summed E-state index contributed by atoms with van der Waals surface area (Å²) in [5.74, 6) is 1.47. The van der Waals surface area contributed by atoms with Crippen LogP contribution in [0.25, 0.3) is 0 Å². The first kappa shape index (κ1) is 14.4. The van der Waals surface area contributed by atoms with Gasteiger partial charge in [0.05, 0.1) is 19.3 Å². The molecule has 1 N–H and O–H groups in total. The van der Waals surface area contributed by atoms with Crippen molar-refractivity contribution < 1.29 is 14.6 Å². The molecule has 1 unspecified atom stereocenters. The van der Waals surface area contributed by atoms with Crippen molar-refractivity contribution in [2.75, 3.05) is 13.7 Å². The fourth-order valence-electron chi connectivity index (χ4n) is 2.78. The Morgan fingerprint density at radius 2 is 2.16 bits per heavy atom. The van der Waals surface area contributed by atoms with Crippen molar-refractivity contribution in [1.82, 2.24) is 0 Å². The minimum absolute atomic E-state index is 0.264. The van der Waals surface area contributed by atoms with Crippen LogP contribution in [0.2, 0.25) is 0 Å². The van der Waals surface area contributed by atoms with Crippen molar-refractivity contribution in [3.8, 4) is 5.75 Å². The first-order valence-electron chi connectivity index (χ1n) is 7.13. The van der Waals surface area contributed by atoms with Crippen molar-refractivity contribution in [2.24, 2.45) is 5.92 Å². The zero-order valence-electron chi connectivity index (χ0n) is 11.8. The quantitative estimate of drug-likeness (QED) is 0.823. The third-order valence-electron chi connectivity index (χ3n) is 3.81. The van der Waals surface area contributed by atoms with Crippen LogP contribution in [0.3, 0.4) is 0 Å². The highest BCUT2D eigenvalue weighted by atomic mass is 16.5. The first-order valence-corrected chi connectivity index (χ1v) is 7.13. The van der Waals surface area contributed by atoms with Crippen LogP contribution >= 0.6 is 0 Å². The van der Waals surface area contributed by atoms with Gasteiger partial charge in [0, 0.05) is 6.61 Å². The highest BCUT2D eigenvalue weighted by Crippen LogP contribution is 2.34. The van der Waals surface area contributed by atoms with E-state index in [1.54, 1.807) is 7.11 Å². The van der Waals surface area contributed by atoms with Crippen LogP contribution in [0.5, 0.6) is 5.75 Å². The number of ether oxygens (including phenoxy) is 2. The lowest BCUT2D eigenvalue weighted by Gasteiger charge is -2.36. The molecule has 2 rings (SSSR count). The molecule has 1 atom stereocenters. The third-order valence-corrected chi connectivity index (χ3v) is 3.81. The summed E-state index contributed by atoms with van der Waals surface area (Å²) in [4.78, 5) is 0. The fourth-order valence-corrected chi connectivity index (χ4v) is 2.78. The van der Waals surface area contributed by atoms with E-state index >= 15 is 0 Å². The monoisotopic (exact) mass is 264 g/mol. The van der Waals surface area contributed by atoms with Gasteiger partial charge in [0.1, 0.15) is 5.75 Å². The van der Waals surface area contributed by atoms with E-state index in [-0.39, 0.29) is 6.10 Å². The lowest BCUT2D eigenvalue weighted by Crippen LogP contribution is -2.34. The summed E-state index contributed by atoms with van der Waals surface area (Å²) in [6.07, 6.45) is 3.94. The maximum atomic E-state index is 10.1. The summed E-state index contributed by atoms with van der Waals surface area (Å²) in [6, 6.07) is 7.92. The Morgan fingerprint density at radius 3 is 2.84 bits per heavy atom. The molecule has 0 aromatic heterocycles. The molecule has 0 radical (unpaired) electrons. The molecule has 0 aliphatic heterocycles. The van der Waals surface area contributed by atoms with Crippen LogP contribution in [0, 0.1) is 5.92 Å². The molecule has 0 amide bonds. The van der Waals surface area contributed by atoms with Gasteiger partial charge in [-0.25, -0.2) is 0 Å². The third kappa shape index (κ3) is 4.22. The Balaban J connectivity index is 1.74. The molecule has 0 saturated heterocycles. The van der Waals surface area contributed by atoms with Gasteiger partial charge in [0.15, 0.2) is 0 Å². The topological polar surface area (TPSA) is 38.7 Å². The molecule has 19 heavy (non-hydrogen) atoms. The molecular formula is C16H24O3. The Morgan fingerprint density at radius 1 is 1.37 bits per heavy atom. The van der Waals surface area contributed by atoms with Crippen LogP contribution < -0.4 is 4.74 Å². The summed E-state index contributed by atoms with van der Waals surface area (Å²) in [6.45, 7) is 2.83. The molecule has 3 heteroatoms. The van der Waals surface area contributed by atoms with Gasteiger partial charge < -0.3 is 14.6 Å². The van der Waals surface area contributed by atoms with E-state index in [0.717, 1.165) is 37.2 Å². The van der Waals surface area contributed by atoms with E-state index in [9.17, 15) is 5.11 Å². The molecule has 1 aromatic carbocycles. The minimum Gasteiger partial charge on any atom is -0.497 e. The van der Waals surface area contributed by atoms with E-state index < -0.39 is 0 Å². The number of rotatable bonds is 7. The zero-order valence-corrected chi connectivity index (χ0v) is 11.8. The average Bonchev–Trinajstić information content (AvgIpc) is 2.36. The molecule has 0 heterocycles. The number of hydrogen-bond donors (Lipinski definition) is 1. The smallest absolute Gasteiger partial charge is 0.119 e. The van der Waals surface area contributed by atoms with Gasteiger partial charge in [0.2, 0.25) is 0 Å².